The van der Waals surface area contributed by atoms with Crippen molar-refractivity contribution in [3.05, 3.63) is 0 Å². The number of carbonyl (C=O) groups excluding carboxylic acids is 1. The predicted molar refractivity (Wildman–Crippen MR) is 23.6 cm³/mol. The summed E-state index contributed by atoms with van der Waals surface area (Å²) in [5.41, 5.74) is 4.63. The van der Waals surface area contributed by atoms with Crippen molar-refractivity contribution >= 4 is 12.6 Å². The fourth-order valence-corrected chi connectivity index (χ4v) is 0.110. The number of amides is 1. The summed E-state index contributed by atoms with van der Waals surface area (Å²) >= 11 is 0. The van der Waals surface area contributed by atoms with Crippen LogP contribution in [0, 0.1) is 0 Å². The van der Waals surface area contributed by atoms with E-state index in [4.69, 9.17) is 0 Å². The maximum absolute atomic E-state index is 9.69. The van der Waals surface area contributed by atoms with Gasteiger partial charge in [0.25, 0.3) is 0 Å². The number of nitrogens with zero attached hydrogens (tertiary/aromatic N) is 1. The standard InChI is InChI=1S/C3H6N2O/c1-5-2-3(4)6/h1-2H2,(H2,4,6). The van der Waals surface area contributed by atoms with Gasteiger partial charge in [-0.25, -0.2) is 0 Å². The van der Waals surface area contributed by atoms with Crippen LogP contribution in [-0.2, 0) is 4.79 Å². The van der Waals surface area contributed by atoms with E-state index in [9.17, 15) is 4.79 Å². The summed E-state index contributed by atoms with van der Waals surface area (Å²) in [5.74, 6) is -0.440. The minimum Gasteiger partial charge on any atom is -0.368 e. The lowest BCUT2D eigenvalue weighted by molar-refractivity contribution is -0.116. The van der Waals surface area contributed by atoms with Gasteiger partial charge in [-0.05, 0) is 6.72 Å². The summed E-state index contributed by atoms with van der Waals surface area (Å²) in [6, 6.07) is 0. The van der Waals surface area contributed by atoms with Crippen molar-refractivity contribution in [3.8, 4) is 0 Å². The average Bonchev–Trinajstić information content (AvgIpc) is 1.35. The van der Waals surface area contributed by atoms with E-state index in [1.165, 1.54) is 0 Å². The molecule has 34 valence electrons. The van der Waals surface area contributed by atoms with Crippen molar-refractivity contribution in [2.75, 3.05) is 6.54 Å². The topological polar surface area (TPSA) is 55.4 Å². The molecule has 0 radical (unpaired) electrons. The van der Waals surface area contributed by atoms with Gasteiger partial charge in [-0.3, -0.25) is 9.79 Å². The Balaban J connectivity index is 3.05. The molecule has 0 saturated heterocycles. The molecule has 6 heavy (non-hydrogen) atoms. The molecule has 0 aliphatic heterocycles. The first kappa shape index (κ1) is 5.14. The number of aliphatic imine (C=N–C) groups is 1. The highest BCUT2D eigenvalue weighted by atomic mass is 16.1. The largest absolute Gasteiger partial charge is 0.368 e. The maximum Gasteiger partial charge on any atom is 0.239 e. The van der Waals surface area contributed by atoms with Gasteiger partial charge in [0.1, 0.15) is 6.54 Å². The van der Waals surface area contributed by atoms with Crippen molar-refractivity contribution in [2.45, 2.75) is 0 Å². The number of hydrogen-bond donors (Lipinski definition) is 1. The van der Waals surface area contributed by atoms with Crippen LogP contribution in [0.15, 0.2) is 4.99 Å². The quantitative estimate of drug-likeness (QED) is 0.438. The minimum absolute atomic E-state index is 0.0278. The molecule has 0 aromatic rings. The fraction of sp³-hybridized carbons (Fsp3) is 0.333. The molecular formula is C3H6N2O. The van der Waals surface area contributed by atoms with Crippen LogP contribution in [-0.4, -0.2) is 19.2 Å². The number of rotatable bonds is 2. The zero-order chi connectivity index (χ0) is 4.99. The first-order valence-corrected chi connectivity index (χ1v) is 1.48. The molecule has 3 nitrogen and oxygen atoms in total. The second-order valence-corrected chi connectivity index (χ2v) is 0.848. The molecule has 0 atom stereocenters. The minimum atomic E-state index is -0.440. The lowest BCUT2D eigenvalue weighted by atomic mass is 10.6. The van der Waals surface area contributed by atoms with Crippen molar-refractivity contribution in [2.24, 2.45) is 10.7 Å². The summed E-state index contributed by atoms with van der Waals surface area (Å²) in [5, 5.41) is 0. The van der Waals surface area contributed by atoms with Crippen molar-refractivity contribution in [3.63, 3.8) is 0 Å². The van der Waals surface area contributed by atoms with Gasteiger partial charge in [0, 0.05) is 0 Å². The Kier molecular flexibility index (Phi) is 2.04. The lowest BCUT2D eigenvalue weighted by Crippen LogP contribution is -2.13. The molecular weight excluding hydrogens is 80.0 g/mol. The summed E-state index contributed by atoms with van der Waals surface area (Å²) in [6.07, 6.45) is 0. The van der Waals surface area contributed by atoms with Gasteiger partial charge < -0.3 is 5.73 Å². The van der Waals surface area contributed by atoms with Crippen LogP contribution in [0.3, 0.4) is 0 Å². The molecule has 1 amide bonds. The third kappa shape index (κ3) is 3.14. The monoisotopic (exact) mass is 86.0 g/mol. The molecule has 3 heteroatoms. The Bertz CT molecular complexity index is 69.2. The van der Waals surface area contributed by atoms with Crippen LogP contribution in [0.5, 0.6) is 0 Å². The fourth-order valence-electron chi connectivity index (χ4n) is 0.110. The van der Waals surface area contributed by atoms with Gasteiger partial charge in [-0.1, -0.05) is 0 Å². The van der Waals surface area contributed by atoms with Crippen LogP contribution in [0.4, 0.5) is 0 Å². The number of primary amides is 1. The molecule has 0 heterocycles. The van der Waals surface area contributed by atoms with E-state index in [0.29, 0.717) is 0 Å². The smallest absolute Gasteiger partial charge is 0.239 e. The molecule has 0 rings (SSSR count). The molecule has 0 unspecified atom stereocenters. The summed E-state index contributed by atoms with van der Waals surface area (Å²) < 4.78 is 0. The molecule has 2 N–H and O–H groups in total. The summed E-state index contributed by atoms with van der Waals surface area (Å²) in [4.78, 5) is 12.9. The first-order valence-electron chi connectivity index (χ1n) is 1.48. The Morgan fingerprint density at radius 2 is 2.50 bits per heavy atom. The maximum atomic E-state index is 9.69. The number of hydrogen-bond acceptors (Lipinski definition) is 2. The van der Waals surface area contributed by atoms with E-state index in [1.807, 2.05) is 0 Å². The third-order valence-electron chi connectivity index (χ3n) is 0.268. The average molecular weight is 86.1 g/mol. The Morgan fingerprint density at radius 1 is 2.00 bits per heavy atom. The molecule has 0 bridgehead atoms. The zero-order valence-corrected chi connectivity index (χ0v) is 3.35. The van der Waals surface area contributed by atoms with Crippen LogP contribution in [0.1, 0.15) is 0 Å². The SMILES string of the molecule is C=NCC(N)=O. The van der Waals surface area contributed by atoms with Gasteiger partial charge in [0.15, 0.2) is 0 Å². The molecule has 0 aliphatic carbocycles. The molecule has 0 aromatic carbocycles. The first-order chi connectivity index (χ1) is 2.77. The normalized spacial score (nSPS) is 7.33. The highest BCUT2D eigenvalue weighted by Gasteiger charge is 1.81. The lowest BCUT2D eigenvalue weighted by Gasteiger charge is -1.77. The summed E-state index contributed by atoms with van der Waals surface area (Å²) in [7, 11) is 0. The van der Waals surface area contributed by atoms with E-state index in [1.54, 1.807) is 0 Å². The van der Waals surface area contributed by atoms with Gasteiger partial charge in [0.05, 0.1) is 0 Å². The molecule has 0 spiro atoms. The Hall–Kier alpha value is -0.860. The predicted octanol–water partition coefficient (Wildman–Crippen LogP) is -0.828. The van der Waals surface area contributed by atoms with Crippen LogP contribution in [0.25, 0.3) is 0 Å². The van der Waals surface area contributed by atoms with Gasteiger partial charge >= 0.3 is 0 Å². The zero-order valence-electron chi connectivity index (χ0n) is 3.35. The molecule has 0 fully saturated rings. The highest BCUT2D eigenvalue weighted by molar-refractivity contribution is 5.76. The van der Waals surface area contributed by atoms with Gasteiger partial charge in [-0.2, -0.15) is 0 Å². The van der Waals surface area contributed by atoms with E-state index in [2.05, 4.69) is 17.4 Å². The molecule has 0 aromatic heterocycles. The van der Waals surface area contributed by atoms with Gasteiger partial charge in [-0.15, -0.1) is 0 Å². The van der Waals surface area contributed by atoms with Crippen LogP contribution in [0.2, 0.25) is 0 Å². The Morgan fingerprint density at radius 3 is 2.50 bits per heavy atom. The van der Waals surface area contributed by atoms with Crippen molar-refractivity contribution in [1.29, 1.82) is 0 Å². The van der Waals surface area contributed by atoms with E-state index >= 15 is 0 Å². The van der Waals surface area contributed by atoms with Crippen molar-refractivity contribution in [1.82, 2.24) is 0 Å². The van der Waals surface area contributed by atoms with E-state index < -0.39 is 5.91 Å². The highest BCUT2D eigenvalue weighted by Crippen LogP contribution is 1.56. The van der Waals surface area contributed by atoms with Crippen LogP contribution < -0.4 is 5.73 Å². The third-order valence-corrected chi connectivity index (χ3v) is 0.268. The van der Waals surface area contributed by atoms with Crippen LogP contribution >= 0.6 is 0 Å². The molecule has 0 saturated carbocycles. The number of nitrogens with two attached hydrogens (primary N) is 1. The molecule has 0 aliphatic rings. The second kappa shape index (κ2) is 2.38. The van der Waals surface area contributed by atoms with E-state index in [0.717, 1.165) is 0 Å². The number of carbonyl (C=O) groups is 1. The van der Waals surface area contributed by atoms with E-state index in [-0.39, 0.29) is 6.54 Å². The summed E-state index contributed by atoms with van der Waals surface area (Å²) in [6.45, 7) is 3.08. The Labute approximate surface area is 35.9 Å². The van der Waals surface area contributed by atoms with Crippen molar-refractivity contribution < 1.29 is 4.79 Å². The second-order valence-electron chi connectivity index (χ2n) is 0.848. The van der Waals surface area contributed by atoms with Gasteiger partial charge in [0.2, 0.25) is 5.91 Å².